The predicted molar refractivity (Wildman–Crippen MR) is 141 cm³/mol. The second kappa shape index (κ2) is 9.91. The molecule has 1 fully saturated rings. The van der Waals surface area contributed by atoms with Gasteiger partial charge in [0.15, 0.2) is 5.82 Å². The summed E-state index contributed by atoms with van der Waals surface area (Å²) < 4.78 is 6.17. The number of pyridine rings is 1. The minimum absolute atomic E-state index is 0.0161. The average Bonchev–Trinajstić information content (AvgIpc) is 3.66. The molecule has 2 aliphatic heterocycles. The molecule has 10 nitrogen and oxygen atoms in total. The highest BCUT2D eigenvalue weighted by molar-refractivity contribution is 6.35. The largest absolute Gasteiger partial charge is 0.486 e. The third kappa shape index (κ3) is 4.58. The zero-order chi connectivity index (χ0) is 26.4. The highest BCUT2D eigenvalue weighted by Gasteiger charge is 2.31. The third-order valence-corrected chi connectivity index (χ3v) is 7.69. The number of benzene rings is 1. The minimum Gasteiger partial charge on any atom is -0.486 e. The molecule has 3 aromatic heterocycles. The Hall–Kier alpha value is -3.65. The number of rotatable bonds is 6. The van der Waals surface area contributed by atoms with E-state index in [1.165, 1.54) is 0 Å². The maximum atomic E-state index is 12.8. The summed E-state index contributed by atoms with van der Waals surface area (Å²) in [7, 11) is 0. The first-order chi connectivity index (χ1) is 18.4. The standard InChI is InChI=1S/C26H24Cl2N8O2/c1-14(24-18(27)8-30-9-19(24)28)38-16-2-3-20-17(6-16)25(34-33-20)26-31-21-11-36(12-22(21)32-26)23(37)13-35-5-4-15(7-29)10-35/h2-3,6,8-9,14-15H,4-5,10-13H2,1H3,(H,31,32)(H,33,34)/t14-,15?/m1/s1. The Bertz CT molecular complexity index is 1530. The molecule has 2 aliphatic rings. The number of halogens is 2. The molecule has 1 amide bonds. The molecule has 6 rings (SSSR count). The van der Waals surface area contributed by atoms with E-state index in [0.29, 0.717) is 59.1 Å². The molecule has 0 spiro atoms. The van der Waals surface area contributed by atoms with Gasteiger partial charge in [-0.3, -0.25) is 19.8 Å². The van der Waals surface area contributed by atoms with Crippen LogP contribution in [0.4, 0.5) is 0 Å². The first-order valence-corrected chi connectivity index (χ1v) is 13.1. The van der Waals surface area contributed by atoms with Crippen LogP contribution in [-0.2, 0) is 17.9 Å². The maximum Gasteiger partial charge on any atom is 0.237 e. The number of likely N-dealkylation sites (tertiary alicyclic amines) is 1. The smallest absolute Gasteiger partial charge is 0.237 e. The zero-order valence-electron chi connectivity index (χ0n) is 20.5. The van der Waals surface area contributed by atoms with Gasteiger partial charge in [0.25, 0.3) is 0 Å². The van der Waals surface area contributed by atoms with Crippen LogP contribution < -0.4 is 4.74 Å². The molecule has 194 valence electrons. The fourth-order valence-corrected chi connectivity index (χ4v) is 5.79. The molecule has 1 unspecified atom stereocenters. The SMILES string of the molecule is C[C@@H](Oc1ccc2[nH]nc(-c3nc4c([nH]3)CN(C(=O)CN3CCC(C#N)C3)C4)c2c1)c1c(Cl)cncc1Cl. The number of carbonyl (C=O) groups is 1. The van der Waals surface area contributed by atoms with Crippen molar-refractivity contribution in [2.45, 2.75) is 32.5 Å². The van der Waals surface area contributed by atoms with Crippen molar-refractivity contribution in [3.8, 4) is 23.3 Å². The van der Waals surface area contributed by atoms with Gasteiger partial charge < -0.3 is 14.6 Å². The van der Waals surface area contributed by atoms with Crippen LogP contribution in [0.1, 0.15) is 36.4 Å². The lowest BCUT2D eigenvalue weighted by molar-refractivity contribution is -0.132. The van der Waals surface area contributed by atoms with Crippen molar-refractivity contribution < 1.29 is 9.53 Å². The van der Waals surface area contributed by atoms with Crippen molar-refractivity contribution in [3.63, 3.8) is 0 Å². The van der Waals surface area contributed by atoms with Gasteiger partial charge in [-0.25, -0.2) is 4.98 Å². The molecule has 2 N–H and O–H groups in total. The summed E-state index contributed by atoms with van der Waals surface area (Å²) in [6, 6.07) is 7.95. The molecule has 38 heavy (non-hydrogen) atoms. The molecule has 0 bridgehead atoms. The Balaban J connectivity index is 1.17. The summed E-state index contributed by atoms with van der Waals surface area (Å²) in [5.74, 6) is 1.33. The van der Waals surface area contributed by atoms with E-state index in [4.69, 9.17) is 38.2 Å². The third-order valence-electron chi connectivity index (χ3n) is 7.09. The van der Waals surface area contributed by atoms with Gasteiger partial charge in [-0.1, -0.05) is 23.2 Å². The van der Waals surface area contributed by atoms with Crippen molar-refractivity contribution in [3.05, 3.63) is 57.6 Å². The molecule has 0 aliphatic carbocycles. The fraction of sp³-hybridized carbons (Fsp3) is 0.346. The van der Waals surface area contributed by atoms with E-state index in [-0.39, 0.29) is 11.8 Å². The number of aromatic amines is 2. The second-order valence-corrected chi connectivity index (χ2v) is 10.5. The lowest BCUT2D eigenvalue weighted by Gasteiger charge is -2.20. The van der Waals surface area contributed by atoms with Gasteiger partial charge in [0.05, 0.1) is 58.6 Å². The van der Waals surface area contributed by atoms with Crippen molar-refractivity contribution >= 4 is 40.0 Å². The molecule has 12 heteroatoms. The zero-order valence-corrected chi connectivity index (χ0v) is 22.1. The molecular weight excluding hydrogens is 527 g/mol. The van der Waals surface area contributed by atoms with Gasteiger partial charge in [-0.2, -0.15) is 10.4 Å². The molecule has 2 atom stereocenters. The van der Waals surface area contributed by atoms with Crippen LogP contribution in [0.2, 0.25) is 10.0 Å². The van der Waals surface area contributed by atoms with Gasteiger partial charge in [0.2, 0.25) is 5.91 Å². The lowest BCUT2D eigenvalue weighted by Crippen LogP contribution is -2.37. The van der Waals surface area contributed by atoms with E-state index in [2.05, 4.69) is 31.1 Å². The number of nitriles is 1. The number of H-pyrrole nitrogens is 2. The number of imidazole rings is 1. The summed E-state index contributed by atoms with van der Waals surface area (Å²) in [4.78, 5) is 28.8. The normalized spacial score (nSPS) is 18.1. The van der Waals surface area contributed by atoms with Gasteiger partial charge in [-0.15, -0.1) is 0 Å². The second-order valence-electron chi connectivity index (χ2n) is 9.67. The van der Waals surface area contributed by atoms with Crippen LogP contribution in [0, 0.1) is 17.2 Å². The Labute approximate surface area is 228 Å². The lowest BCUT2D eigenvalue weighted by atomic mass is 10.1. The van der Waals surface area contributed by atoms with Gasteiger partial charge in [-0.05, 0) is 31.5 Å². The number of aromatic nitrogens is 5. The van der Waals surface area contributed by atoms with Crippen LogP contribution in [0.5, 0.6) is 5.75 Å². The van der Waals surface area contributed by atoms with Crippen LogP contribution in [0.15, 0.2) is 30.6 Å². The summed E-state index contributed by atoms with van der Waals surface area (Å²) in [5.41, 5.74) is 3.93. The Morgan fingerprint density at radius 1 is 1.29 bits per heavy atom. The maximum absolute atomic E-state index is 12.8. The minimum atomic E-state index is -0.395. The van der Waals surface area contributed by atoms with Crippen molar-refractivity contribution in [2.24, 2.45) is 5.92 Å². The number of ether oxygens (including phenoxy) is 1. The topological polar surface area (TPSA) is 127 Å². The molecule has 1 aromatic carbocycles. The fourth-order valence-electron chi connectivity index (χ4n) is 5.12. The van der Waals surface area contributed by atoms with E-state index in [1.807, 2.05) is 25.1 Å². The Kier molecular flexibility index (Phi) is 6.43. The summed E-state index contributed by atoms with van der Waals surface area (Å²) in [6.07, 6.45) is 3.51. The average molecular weight is 551 g/mol. The number of hydrogen-bond donors (Lipinski definition) is 2. The highest BCUT2D eigenvalue weighted by atomic mass is 35.5. The van der Waals surface area contributed by atoms with Crippen LogP contribution >= 0.6 is 23.2 Å². The van der Waals surface area contributed by atoms with E-state index in [9.17, 15) is 4.79 Å². The van der Waals surface area contributed by atoms with Crippen molar-refractivity contribution in [1.29, 1.82) is 5.26 Å². The van der Waals surface area contributed by atoms with Crippen molar-refractivity contribution in [2.75, 3.05) is 19.6 Å². The number of fused-ring (bicyclic) bond motifs is 2. The number of carbonyl (C=O) groups excluding carboxylic acids is 1. The van der Waals surface area contributed by atoms with E-state index in [1.54, 1.807) is 17.3 Å². The number of amides is 1. The van der Waals surface area contributed by atoms with E-state index >= 15 is 0 Å². The van der Waals surface area contributed by atoms with Gasteiger partial charge in [0.1, 0.15) is 17.5 Å². The van der Waals surface area contributed by atoms with Crippen LogP contribution in [0.3, 0.4) is 0 Å². The Morgan fingerprint density at radius 3 is 2.84 bits per heavy atom. The molecular formula is C26H24Cl2N8O2. The number of hydrogen-bond acceptors (Lipinski definition) is 7. The summed E-state index contributed by atoms with van der Waals surface area (Å²) in [5, 5.41) is 18.4. The van der Waals surface area contributed by atoms with Crippen LogP contribution in [0.25, 0.3) is 22.4 Å². The first kappa shape index (κ1) is 24.7. The first-order valence-electron chi connectivity index (χ1n) is 12.3. The summed E-state index contributed by atoms with van der Waals surface area (Å²) in [6.45, 7) is 4.56. The predicted octanol–water partition coefficient (Wildman–Crippen LogP) is 4.48. The molecule has 0 radical (unpaired) electrons. The Morgan fingerprint density at radius 2 is 2.11 bits per heavy atom. The molecule has 4 aromatic rings. The quantitative estimate of drug-likeness (QED) is 0.362. The van der Waals surface area contributed by atoms with E-state index < -0.39 is 6.10 Å². The van der Waals surface area contributed by atoms with Crippen LogP contribution in [-0.4, -0.2) is 60.5 Å². The molecule has 5 heterocycles. The highest BCUT2D eigenvalue weighted by Crippen LogP contribution is 2.35. The summed E-state index contributed by atoms with van der Waals surface area (Å²) >= 11 is 12.6. The van der Waals surface area contributed by atoms with Crippen molar-refractivity contribution in [1.82, 2.24) is 34.9 Å². The monoisotopic (exact) mass is 550 g/mol. The van der Waals surface area contributed by atoms with E-state index in [0.717, 1.165) is 35.3 Å². The molecule has 0 saturated carbocycles. The molecule has 1 saturated heterocycles. The number of nitrogens with one attached hydrogen (secondary N) is 2. The van der Waals surface area contributed by atoms with Gasteiger partial charge >= 0.3 is 0 Å². The van der Waals surface area contributed by atoms with Gasteiger partial charge in [0, 0.05) is 36.4 Å². The number of nitrogens with zero attached hydrogens (tertiary/aromatic N) is 6.